The quantitative estimate of drug-likeness (QED) is 0.786. The van der Waals surface area contributed by atoms with E-state index >= 15 is 0 Å². The van der Waals surface area contributed by atoms with Gasteiger partial charge in [0.1, 0.15) is 0 Å². The van der Waals surface area contributed by atoms with Crippen molar-refractivity contribution in [1.29, 1.82) is 0 Å². The molecule has 0 N–H and O–H groups in total. The molecule has 0 radical (unpaired) electrons. The lowest BCUT2D eigenvalue weighted by atomic mass is 9.89. The molecular formula is C15H18N2OS. The summed E-state index contributed by atoms with van der Waals surface area (Å²) in [4.78, 5) is 17.4. The molecule has 1 aromatic heterocycles. The fourth-order valence-corrected chi connectivity index (χ4v) is 3.75. The van der Waals surface area contributed by atoms with E-state index in [1.54, 1.807) is 11.3 Å². The van der Waals surface area contributed by atoms with Crippen LogP contribution >= 0.6 is 11.3 Å². The Morgan fingerprint density at radius 3 is 2.74 bits per heavy atom. The molecule has 1 amide bonds. The van der Waals surface area contributed by atoms with Gasteiger partial charge >= 0.3 is 0 Å². The molecule has 4 heteroatoms. The van der Waals surface area contributed by atoms with Gasteiger partial charge < -0.3 is 4.57 Å². The fraction of sp³-hybridized carbons (Fsp3) is 0.467. The molecule has 1 aliphatic rings. The number of thiazole rings is 1. The summed E-state index contributed by atoms with van der Waals surface area (Å²) in [6.07, 6.45) is 5.63. The number of carbonyl (C=O) groups excluding carboxylic acids is 1. The maximum Gasteiger partial charge on any atom is 0.251 e. The molecule has 1 fully saturated rings. The first-order valence-electron chi connectivity index (χ1n) is 6.89. The molecule has 1 aliphatic carbocycles. The van der Waals surface area contributed by atoms with Crippen LogP contribution in [0.3, 0.4) is 0 Å². The van der Waals surface area contributed by atoms with Gasteiger partial charge in [0.05, 0.1) is 10.2 Å². The smallest absolute Gasteiger partial charge is 0.251 e. The highest BCUT2D eigenvalue weighted by Crippen LogP contribution is 2.24. The molecule has 0 unspecified atom stereocenters. The van der Waals surface area contributed by atoms with Gasteiger partial charge in [0.2, 0.25) is 0 Å². The Labute approximate surface area is 116 Å². The van der Waals surface area contributed by atoms with Gasteiger partial charge in [0, 0.05) is 13.0 Å². The van der Waals surface area contributed by atoms with E-state index in [1.165, 1.54) is 24.0 Å². The zero-order valence-electron chi connectivity index (χ0n) is 11.1. The van der Waals surface area contributed by atoms with E-state index < -0.39 is 0 Å². The first-order chi connectivity index (χ1) is 9.25. The molecule has 1 heterocycles. The minimum absolute atomic E-state index is 0.0712. The summed E-state index contributed by atoms with van der Waals surface area (Å²) in [6.45, 7) is 0. The minimum Gasteiger partial charge on any atom is -0.319 e. The van der Waals surface area contributed by atoms with Crippen molar-refractivity contribution in [3.8, 4) is 0 Å². The zero-order chi connectivity index (χ0) is 13.2. The number of fused-ring (bicyclic) bond motifs is 1. The van der Waals surface area contributed by atoms with Crippen LogP contribution in [0, 0.1) is 5.92 Å². The lowest BCUT2D eigenvalue weighted by Crippen LogP contribution is -2.20. The third-order valence-electron chi connectivity index (χ3n) is 3.88. The van der Waals surface area contributed by atoms with Gasteiger partial charge in [0.25, 0.3) is 5.91 Å². The van der Waals surface area contributed by atoms with Crippen molar-refractivity contribution in [1.82, 2.24) is 4.57 Å². The number of hydrogen-bond acceptors (Lipinski definition) is 2. The van der Waals surface area contributed by atoms with Crippen LogP contribution in [0.4, 0.5) is 0 Å². The lowest BCUT2D eigenvalue weighted by molar-refractivity contribution is -0.122. The molecule has 3 rings (SSSR count). The number of aryl methyl sites for hydroxylation is 1. The third kappa shape index (κ3) is 2.50. The van der Waals surface area contributed by atoms with Crippen molar-refractivity contribution in [3.05, 3.63) is 29.1 Å². The molecule has 0 aliphatic heterocycles. The predicted octanol–water partition coefficient (Wildman–Crippen LogP) is 3.25. The molecular weight excluding hydrogens is 256 g/mol. The molecule has 19 heavy (non-hydrogen) atoms. The van der Waals surface area contributed by atoms with Crippen LogP contribution in [0.25, 0.3) is 10.2 Å². The number of rotatable bonds is 1. The second kappa shape index (κ2) is 5.29. The standard InChI is InChI=1S/C15H18N2OS/c1-17-12-9-5-6-10-13(12)19-15(17)16-14(18)11-7-3-2-4-8-11/h5-6,9-11H,2-4,7-8H2,1H3. The Hall–Kier alpha value is -1.42. The number of amides is 1. The van der Waals surface area contributed by atoms with Crippen molar-refractivity contribution in [3.63, 3.8) is 0 Å². The van der Waals surface area contributed by atoms with Crippen molar-refractivity contribution < 1.29 is 4.79 Å². The number of nitrogens with zero attached hydrogens (tertiary/aromatic N) is 2. The van der Waals surface area contributed by atoms with E-state index in [4.69, 9.17) is 0 Å². The largest absolute Gasteiger partial charge is 0.319 e. The Morgan fingerprint density at radius 1 is 1.26 bits per heavy atom. The van der Waals surface area contributed by atoms with Crippen molar-refractivity contribution in [2.24, 2.45) is 18.0 Å². The van der Waals surface area contributed by atoms with Crippen molar-refractivity contribution in [2.75, 3.05) is 0 Å². The van der Waals surface area contributed by atoms with Crippen LogP contribution in [-0.2, 0) is 11.8 Å². The summed E-state index contributed by atoms with van der Waals surface area (Å²) in [7, 11) is 1.98. The van der Waals surface area contributed by atoms with Crippen LogP contribution in [0.5, 0.6) is 0 Å². The van der Waals surface area contributed by atoms with E-state index in [-0.39, 0.29) is 11.8 Å². The van der Waals surface area contributed by atoms with Crippen LogP contribution in [0.1, 0.15) is 32.1 Å². The molecule has 0 bridgehead atoms. The summed E-state index contributed by atoms with van der Waals surface area (Å²) in [5.74, 6) is 0.223. The van der Waals surface area contributed by atoms with Gasteiger partial charge in [-0.2, -0.15) is 4.99 Å². The van der Waals surface area contributed by atoms with Crippen molar-refractivity contribution >= 4 is 27.5 Å². The van der Waals surface area contributed by atoms with Gasteiger partial charge in [-0.3, -0.25) is 4.79 Å². The van der Waals surface area contributed by atoms with E-state index in [0.29, 0.717) is 0 Å². The first kappa shape index (κ1) is 12.6. The molecule has 0 atom stereocenters. The number of carbonyl (C=O) groups is 1. The molecule has 1 saturated carbocycles. The SMILES string of the molecule is Cn1c(=NC(=O)C2CCCCC2)sc2ccccc21. The van der Waals surface area contributed by atoms with Gasteiger partial charge in [0.15, 0.2) is 4.80 Å². The molecule has 2 aromatic rings. The summed E-state index contributed by atoms with van der Waals surface area (Å²) < 4.78 is 3.20. The number of para-hydroxylation sites is 1. The number of hydrogen-bond donors (Lipinski definition) is 0. The second-order valence-corrected chi connectivity index (χ2v) is 6.21. The maximum atomic E-state index is 12.2. The van der Waals surface area contributed by atoms with Crippen LogP contribution < -0.4 is 4.80 Å². The predicted molar refractivity (Wildman–Crippen MR) is 77.9 cm³/mol. The second-order valence-electron chi connectivity index (χ2n) is 5.20. The first-order valence-corrected chi connectivity index (χ1v) is 7.70. The summed E-state index contributed by atoms with van der Waals surface area (Å²) in [5.41, 5.74) is 1.14. The monoisotopic (exact) mass is 274 g/mol. The summed E-state index contributed by atoms with van der Waals surface area (Å²) in [6, 6.07) is 8.17. The van der Waals surface area contributed by atoms with Gasteiger partial charge in [-0.15, -0.1) is 0 Å². The van der Waals surface area contributed by atoms with Gasteiger partial charge in [-0.05, 0) is 25.0 Å². The highest BCUT2D eigenvalue weighted by atomic mass is 32.1. The number of benzene rings is 1. The molecule has 100 valence electrons. The summed E-state index contributed by atoms with van der Waals surface area (Å²) >= 11 is 1.59. The Morgan fingerprint density at radius 2 is 2.00 bits per heavy atom. The van der Waals surface area contributed by atoms with Gasteiger partial charge in [-0.25, -0.2) is 0 Å². The maximum absolute atomic E-state index is 12.2. The molecule has 1 aromatic carbocycles. The minimum atomic E-state index is 0.0712. The average molecular weight is 274 g/mol. The average Bonchev–Trinajstić information content (AvgIpc) is 2.77. The highest BCUT2D eigenvalue weighted by Gasteiger charge is 2.20. The Balaban J connectivity index is 1.96. The van der Waals surface area contributed by atoms with Crippen LogP contribution in [0.15, 0.2) is 29.3 Å². The Kier molecular flexibility index (Phi) is 3.51. The number of aromatic nitrogens is 1. The molecule has 0 saturated heterocycles. The van der Waals surface area contributed by atoms with E-state index in [0.717, 1.165) is 23.2 Å². The lowest BCUT2D eigenvalue weighted by Gasteiger charge is -2.17. The van der Waals surface area contributed by atoms with Gasteiger partial charge in [-0.1, -0.05) is 42.7 Å². The van der Waals surface area contributed by atoms with E-state index in [9.17, 15) is 4.79 Å². The molecule has 3 nitrogen and oxygen atoms in total. The Bertz CT molecular complexity index is 662. The normalized spacial score (nSPS) is 18.1. The van der Waals surface area contributed by atoms with Crippen molar-refractivity contribution in [2.45, 2.75) is 32.1 Å². The van der Waals surface area contributed by atoms with E-state index in [1.807, 2.05) is 23.7 Å². The fourth-order valence-electron chi connectivity index (χ4n) is 2.72. The highest BCUT2D eigenvalue weighted by molar-refractivity contribution is 7.16. The van der Waals surface area contributed by atoms with Crippen LogP contribution in [-0.4, -0.2) is 10.5 Å². The third-order valence-corrected chi connectivity index (χ3v) is 4.99. The topological polar surface area (TPSA) is 34.4 Å². The summed E-state index contributed by atoms with van der Waals surface area (Å²) in [5, 5.41) is 0. The molecule has 0 spiro atoms. The van der Waals surface area contributed by atoms with E-state index in [2.05, 4.69) is 17.1 Å². The van der Waals surface area contributed by atoms with Crippen LogP contribution in [0.2, 0.25) is 0 Å². The zero-order valence-corrected chi connectivity index (χ0v) is 11.9.